The lowest BCUT2D eigenvalue weighted by atomic mass is 9.98. The van der Waals surface area contributed by atoms with Crippen molar-refractivity contribution in [2.75, 3.05) is 5.73 Å². The third kappa shape index (κ3) is 3.21. The predicted molar refractivity (Wildman–Crippen MR) is 87.4 cm³/mol. The molecule has 1 aliphatic carbocycles. The number of ether oxygens (including phenoxy) is 1. The summed E-state index contributed by atoms with van der Waals surface area (Å²) in [5.74, 6) is -0.249. The zero-order valence-corrected chi connectivity index (χ0v) is 13.4. The van der Waals surface area contributed by atoms with E-state index >= 15 is 0 Å². The van der Waals surface area contributed by atoms with Crippen molar-refractivity contribution < 1.29 is 9.53 Å². The number of carbonyl (C=O) groups excluding carboxylic acids is 1. The molecule has 0 amide bonds. The molecule has 3 rings (SSSR count). The molecule has 23 heavy (non-hydrogen) atoms. The van der Waals surface area contributed by atoms with E-state index in [2.05, 4.69) is 17.2 Å². The third-order valence-corrected chi connectivity index (χ3v) is 4.32. The van der Waals surface area contributed by atoms with Gasteiger partial charge in [0, 0.05) is 0 Å². The van der Waals surface area contributed by atoms with Crippen molar-refractivity contribution in [2.24, 2.45) is 0 Å². The molecule has 0 bridgehead atoms. The number of hydrogen-bond acceptors (Lipinski definition) is 5. The van der Waals surface area contributed by atoms with Crippen LogP contribution in [0.25, 0.3) is 5.69 Å². The largest absolute Gasteiger partial charge is 0.458 e. The van der Waals surface area contributed by atoms with E-state index in [0.717, 1.165) is 43.4 Å². The zero-order valence-electron chi connectivity index (χ0n) is 13.4. The molecule has 0 spiro atoms. The van der Waals surface area contributed by atoms with Crippen LogP contribution in [0.15, 0.2) is 24.3 Å². The van der Waals surface area contributed by atoms with Gasteiger partial charge in [-0.3, -0.25) is 0 Å². The fourth-order valence-corrected chi connectivity index (χ4v) is 3.02. The average Bonchev–Trinajstić information content (AvgIpc) is 2.97. The summed E-state index contributed by atoms with van der Waals surface area (Å²) in [6, 6.07) is 7.81. The molecule has 1 aromatic heterocycles. The molecule has 1 aromatic carbocycles. The van der Waals surface area contributed by atoms with E-state index in [1.165, 1.54) is 11.1 Å². The molecule has 6 nitrogen and oxygen atoms in total. The SMILES string of the molecule is CCc1ccccc1-n1nnc(C(=O)OC2CCCCC2)c1N. The molecule has 2 N–H and O–H groups in total. The van der Waals surface area contributed by atoms with E-state index in [-0.39, 0.29) is 17.6 Å². The zero-order chi connectivity index (χ0) is 16.2. The molecule has 1 fully saturated rings. The lowest BCUT2D eigenvalue weighted by Crippen LogP contribution is -2.21. The van der Waals surface area contributed by atoms with Gasteiger partial charge in [-0.15, -0.1) is 5.10 Å². The summed E-state index contributed by atoms with van der Waals surface area (Å²) in [7, 11) is 0. The van der Waals surface area contributed by atoms with Gasteiger partial charge in [0.2, 0.25) is 5.69 Å². The first-order valence-electron chi connectivity index (χ1n) is 8.21. The first kappa shape index (κ1) is 15.5. The van der Waals surface area contributed by atoms with Crippen molar-refractivity contribution in [1.82, 2.24) is 15.0 Å². The van der Waals surface area contributed by atoms with Crippen molar-refractivity contribution >= 4 is 11.8 Å². The van der Waals surface area contributed by atoms with Crippen LogP contribution in [0.3, 0.4) is 0 Å². The lowest BCUT2D eigenvalue weighted by Gasteiger charge is -2.21. The minimum absolute atomic E-state index is 0.0243. The first-order chi connectivity index (χ1) is 11.2. The minimum atomic E-state index is -0.477. The van der Waals surface area contributed by atoms with E-state index in [1.54, 1.807) is 0 Å². The van der Waals surface area contributed by atoms with Crippen LogP contribution >= 0.6 is 0 Å². The Labute approximate surface area is 135 Å². The van der Waals surface area contributed by atoms with Crippen LogP contribution in [0.4, 0.5) is 5.82 Å². The number of para-hydroxylation sites is 1. The molecular weight excluding hydrogens is 292 g/mol. The first-order valence-corrected chi connectivity index (χ1v) is 8.21. The lowest BCUT2D eigenvalue weighted by molar-refractivity contribution is 0.0205. The monoisotopic (exact) mass is 314 g/mol. The maximum absolute atomic E-state index is 12.3. The standard InChI is InChI=1S/C17H22N4O2/c1-2-12-8-6-7-11-14(12)21-16(18)15(19-20-21)17(22)23-13-9-4-3-5-10-13/h6-8,11,13H,2-5,9-10,18H2,1H3. The van der Waals surface area contributed by atoms with Crippen molar-refractivity contribution in [2.45, 2.75) is 51.6 Å². The van der Waals surface area contributed by atoms with Gasteiger partial charge in [-0.05, 0) is 43.7 Å². The second-order valence-electron chi connectivity index (χ2n) is 5.88. The van der Waals surface area contributed by atoms with Gasteiger partial charge in [0.1, 0.15) is 6.10 Å². The molecule has 1 heterocycles. The molecule has 2 aromatic rings. The van der Waals surface area contributed by atoms with E-state index in [0.29, 0.717) is 0 Å². The molecule has 1 aliphatic rings. The Hall–Kier alpha value is -2.37. The summed E-state index contributed by atoms with van der Waals surface area (Å²) >= 11 is 0. The number of nitrogen functional groups attached to an aromatic ring is 1. The van der Waals surface area contributed by atoms with Gasteiger partial charge in [0.25, 0.3) is 0 Å². The topological polar surface area (TPSA) is 83.0 Å². The minimum Gasteiger partial charge on any atom is -0.458 e. The molecular formula is C17H22N4O2. The van der Waals surface area contributed by atoms with Gasteiger partial charge in [0.05, 0.1) is 5.69 Å². The number of nitrogens with zero attached hydrogens (tertiary/aromatic N) is 3. The molecule has 0 saturated heterocycles. The number of aromatic nitrogens is 3. The highest BCUT2D eigenvalue weighted by atomic mass is 16.5. The second kappa shape index (κ2) is 6.81. The number of benzene rings is 1. The van der Waals surface area contributed by atoms with E-state index in [9.17, 15) is 4.79 Å². The van der Waals surface area contributed by atoms with Crippen molar-refractivity contribution in [3.8, 4) is 5.69 Å². The van der Waals surface area contributed by atoms with Crippen molar-refractivity contribution in [3.05, 3.63) is 35.5 Å². The predicted octanol–water partition coefficient (Wildman–Crippen LogP) is 2.90. The number of rotatable bonds is 4. The Balaban J connectivity index is 1.82. The molecule has 1 saturated carbocycles. The molecule has 0 aliphatic heterocycles. The number of hydrogen-bond donors (Lipinski definition) is 1. The Morgan fingerprint density at radius 2 is 2.04 bits per heavy atom. The van der Waals surface area contributed by atoms with Crippen LogP contribution in [-0.2, 0) is 11.2 Å². The highest BCUT2D eigenvalue weighted by Gasteiger charge is 2.24. The van der Waals surface area contributed by atoms with Crippen molar-refractivity contribution in [1.29, 1.82) is 0 Å². The molecule has 0 atom stereocenters. The summed E-state index contributed by atoms with van der Waals surface area (Å²) in [4.78, 5) is 12.3. The van der Waals surface area contributed by atoms with Crippen LogP contribution in [0.5, 0.6) is 0 Å². The molecule has 0 radical (unpaired) electrons. The number of anilines is 1. The van der Waals surface area contributed by atoms with E-state index in [4.69, 9.17) is 10.5 Å². The quantitative estimate of drug-likeness (QED) is 0.877. The third-order valence-electron chi connectivity index (χ3n) is 4.32. The Bertz CT molecular complexity index is 690. The van der Waals surface area contributed by atoms with E-state index < -0.39 is 5.97 Å². The maximum atomic E-state index is 12.3. The maximum Gasteiger partial charge on any atom is 0.363 e. The number of carbonyl (C=O) groups is 1. The van der Waals surface area contributed by atoms with Gasteiger partial charge < -0.3 is 10.5 Å². The summed E-state index contributed by atoms with van der Waals surface area (Å²) in [6.07, 6.45) is 6.06. The highest BCUT2D eigenvalue weighted by molar-refractivity contribution is 5.92. The summed E-state index contributed by atoms with van der Waals surface area (Å²) < 4.78 is 7.04. The summed E-state index contributed by atoms with van der Waals surface area (Å²) in [6.45, 7) is 2.06. The van der Waals surface area contributed by atoms with Gasteiger partial charge >= 0.3 is 5.97 Å². The molecule has 0 unspecified atom stereocenters. The van der Waals surface area contributed by atoms with Crippen LogP contribution in [0.2, 0.25) is 0 Å². The second-order valence-corrected chi connectivity index (χ2v) is 5.88. The van der Waals surface area contributed by atoms with Crippen LogP contribution in [0.1, 0.15) is 55.1 Å². The fraction of sp³-hybridized carbons (Fsp3) is 0.471. The smallest absolute Gasteiger partial charge is 0.363 e. The van der Waals surface area contributed by atoms with Crippen molar-refractivity contribution in [3.63, 3.8) is 0 Å². The van der Waals surface area contributed by atoms with Crippen LogP contribution in [-0.4, -0.2) is 27.1 Å². The van der Waals surface area contributed by atoms with Gasteiger partial charge in [0.15, 0.2) is 5.82 Å². The summed E-state index contributed by atoms with van der Waals surface area (Å²) in [5, 5.41) is 8.00. The molecule has 6 heteroatoms. The number of nitrogens with two attached hydrogens (primary N) is 1. The van der Waals surface area contributed by atoms with E-state index in [1.807, 2.05) is 24.3 Å². The number of esters is 1. The van der Waals surface area contributed by atoms with Gasteiger partial charge in [-0.2, -0.15) is 4.68 Å². The van der Waals surface area contributed by atoms with Crippen LogP contribution < -0.4 is 5.73 Å². The highest BCUT2D eigenvalue weighted by Crippen LogP contribution is 2.23. The summed E-state index contributed by atoms with van der Waals surface area (Å²) in [5.41, 5.74) is 8.14. The Morgan fingerprint density at radius 3 is 2.78 bits per heavy atom. The number of aryl methyl sites for hydroxylation is 1. The normalized spacial score (nSPS) is 15.5. The van der Waals surface area contributed by atoms with Gasteiger partial charge in [-0.25, -0.2) is 4.79 Å². The van der Waals surface area contributed by atoms with Gasteiger partial charge in [-0.1, -0.05) is 36.8 Å². The fourth-order valence-electron chi connectivity index (χ4n) is 3.02. The Kier molecular flexibility index (Phi) is 4.60. The average molecular weight is 314 g/mol. The Morgan fingerprint density at radius 1 is 1.30 bits per heavy atom. The van der Waals surface area contributed by atoms with Crippen LogP contribution in [0, 0.1) is 0 Å². The molecule has 122 valence electrons.